The summed E-state index contributed by atoms with van der Waals surface area (Å²) in [7, 11) is -3.24. The molecule has 6 heteroatoms. The summed E-state index contributed by atoms with van der Waals surface area (Å²) >= 11 is 3.35. The second-order valence-electron chi connectivity index (χ2n) is 3.81. The lowest BCUT2D eigenvalue weighted by Crippen LogP contribution is -2.05. The Morgan fingerprint density at radius 3 is 2.61 bits per heavy atom. The Labute approximate surface area is 114 Å². The lowest BCUT2D eigenvalue weighted by atomic mass is 10.3. The minimum Gasteiger partial charge on any atom is -0.466 e. The van der Waals surface area contributed by atoms with Crippen LogP contribution in [0.3, 0.4) is 0 Å². The molecular formula is C12H12BrNO3S. The van der Waals surface area contributed by atoms with E-state index >= 15 is 0 Å². The molecule has 1 aromatic heterocycles. The van der Waals surface area contributed by atoms with Gasteiger partial charge in [0.2, 0.25) is 0 Å². The Bertz CT molecular complexity index is 649. The van der Waals surface area contributed by atoms with Gasteiger partial charge in [-0.25, -0.2) is 8.42 Å². The average molecular weight is 330 g/mol. The van der Waals surface area contributed by atoms with E-state index < -0.39 is 9.84 Å². The van der Waals surface area contributed by atoms with E-state index in [1.807, 2.05) is 0 Å². The molecule has 4 nitrogen and oxygen atoms in total. The largest absolute Gasteiger partial charge is 0.466 e. The number of rotatable bonds is 4. The molecule has 0 unspecified atom stereocenters. The molecule has 1 heterocycles. The van der Waals surface area contributed by atoms with Crippen molar-refractivity contribution < 1.29 is 12.8 Å². The van der Waals surface area contributed by atoms with Crippen LogP contribution < -0.4 is 5.32 Å². The van der Waals surface area contributed by atoms with Crippen molar-refractivity contribution in [2.75, 3.05) is 11.6 Å². The van der Waals surface area contributed by atoms with Gasteiger partial charge in [-0.15, -0.1) is 0 Å². The standard InChI is InChI=1S/C12H12BrNO3S/c1-18(15,16)12-5-3-2-4-10(12)14-8-11-9(13)6-7-17-11/h2-7,14H,8H2,1H3. The van der Waals surface area contributed by atoms with Crippen molar-refractivity contribution in [1.29, 1.82) is 0 Å². The predicted octanol–water partition coefficient (Wildman–Crippen LogP) is 3.06. The fourth-order valence-corrected chi connectivity index (χ4v) is 2.77. The lowest BCUT2D eigenvalue weighted by Gasteiger charge is -2.09. The minimum atomic E-state index is -3.24. The van der Waals surface area contributed by atoms with Gasteiger partial charge in [0, 0.05) is 6.26 Å². The highest BCUT2D eigenvalue weighted by Gasteiger charge is 2.12. The maximum atomic E-state index is 11.6. The van der Waals surface area contributed by atoms with Crippen molar-refractivity contribution in [3.63, 3.8) is 0 Å². The molecule has 1 aromatic carbocycles. The van der Waals surface area contributed by atoms with Crippen LogP contribution in [-0.2, 0) is 16.4 Å². The highest BCUT2D eigenvalue weighted by molar-refractivity contribution is 9.10. The minimum absolute atomic E-state index is 0.285. The third-order valence-corrected chi connectivity index (χ3v) is 4.28. The summed E-state index contributed by atoms with van der Waals surface area (Å²) in [5.74, 6) is 0.721. The quantitative estimate of drug-likeness (QED) is 0.936. The number of hydrogen-bond donors (Lipinski definition) is 1. The van der Waals surface area contributed by atoms with Crippen LogP contribution in [0.25, 0.3) is 0 Å². The fraction of sp³-hybridized carbons (Fsp3) is 0.167. The number of anilines is 1. The summed E-state index contributed by atoms with van der Waals surface area (Å²) in [5, 5.41) is 3.06. The van der Waals surface area contributed by atoms with Gasteiger partial charge in [0.25, 0.3) is 0 Å². The van der Waals surface area contributed by atoms with E-state index in [1.165, 1.54) is 6.26 Å². The first-order valence-corrected chi connectivity index (χ1v) is 7.92. The van der Waals surface area contributed by atoms with E-state index in [-0.39, 0.29) is 4.90 Å². The third kappa shape index (κ3) is 2.94. The molecular weight excluding hydrogens is 318 g/mol. The van der Waals surface area contributed by atoms with Gasteiger partial charge in [-0.1, -0.05) is 12.1 Å². The van der Waals surface area contributed by atoms with Crippen molar-refractivity contribution in [2.24, 2.45) is 0 Å². The Hall–Kier alpha value is -1.27. The van der Waals surface area contributed by atoms with Crippen molar-refractivity contribution in [1.82, 2.24) is 0 Å². The van der Waals surface area contributed by atoms with Crippen LogP contribution in [0.15, 0.2) is 50.4 Å². The van der Waals surface area contributed by atoms with Gasteiger partial charge in [0.1, 0.15) is 5.76 Å². The van der Waals surface area contributed by atoms with Gasteiger partial charge in [-0.2, -0.15) is 0 Å². The second kappa shape index (κ2) is 5.16. The van der Waals surface area contributed by atoms with Crippen LogP contribution in [0, 0.1) is 0 Å². The Balaban J connectivity index is 2.23. The highest BCUT2D eigenvalue weighted by atomic mass is 79.9. The number of para-hydroxylation sites is 1. The summed E-state index contributed by atoms with van der Waals surface area (Å²) < 4.78 is 29.3. The molecule has 0 aliphatic rings. The number of halogens is 1. The molecule has 0 saturated carbocycles. The van der Waals surface area contributed by atoms with E-state index in [0.717, 1.165) is 10.2 Å². The van der Waals surface area contributed by atoms with Crippen LogP contribution >= 0.6 is 15.9 Å². The van der Waals surface area contributed by atoms with E-state index in [4.69, 9.17) is 4.42 Å². The molecule has 0 spiro atoms. The lowest BCUT2D eigenvalue weighted by molar-refractivity contribution is 0.515. The van der Waals surface area contributed by atoms with E-state index in [0.29, 0.717) is 12.2 Å². The topological polar surface area (TPSA) is 59.3 Å². The van der Waals surface area contributed by atoms with E-state index in [1.54, 1.807) is 36.6 Å². The molecule has 96 valence electrons. The van der Waals surface area contributed by atoms with E-state index in [9.17, 15) is 8.42 Å². The van der Waals surface area contributed by atoms with Crippen LogP contribution in [0.5, 0.6) is 0 Å². The summed E-state index contributed by atoms with van der Waals surface area (Å²) in [6.07, 6.45) is 2.76. The molecule has 18 heavy (non-hydrogen) atoms. The number of benzene rings is 1. The summed E-state index contributed by atoms with van der Waals surface area (Å²) in [4.78, 5) is 0.285. The van der Waals surface area contributed by atoms with Crippen LogP contribution in [0.2, 0.25) is 0 Å². The molecule has 2 rings (SSSR count). The van der Waals surface area contributed by atoms with Gasteiger partial charge in [0.15, 0.2) is 9.84 Å². The zero-order chi connectivity index (χ0) is 13.2. The monoisotopic (exact) mass is 329 g/mol. The molecule has 0 aliphatic carbocycles. The Morgan fingerprint density at radius 2 is 2.00 bits per heavy atom. The first-order valence-electron chi connectivity index (χ1n) is 5.23. The zero-order valence-corrected chi connectivity index (χ0v) is 12.1. The summed E-state index contributed by atoms with van der Waals surface area (Å²) in [6.45, 7) is 0.417. The van der Waals surface area contributed by atoms with Gasteiger partial charge in [-0.05, 0) is 34.1 Å². The number of nitrogens with one attached hydrogen (secondary N) is 1. The van der Waals surface area contributed by atoms with Crippen LogP contribution in [-0.4, -0.2) is 14.7 Å². The first kappa shape index (κ1) is 13.2. The van der Waals surface area contributed by atoms with Crippen LogP contribution in [0.1, 0.15) is 5.76 Å². The van der Waals surface area contributed by atoms with Crippen molar-refractivity contribution in [3.8, 4) is 0 Å². The van der Waals surface area contributed by atoms with E-state index in [2.05, 4.69) is 21.2 Å². The molecule has 2 aromatic rings. The zero-order valence-electron chi connectivity index (χ0n) is 9.68. The Morgan fingerprint density at radius 1 is 1.28 bits per heavy atom. The van der Waals surface area contributed by atoms with Gasteiger partial charge in [-0.3, -0.25) is 0 Å². The SMILES string of the molecule is CS(=O)(=O)c1ccccc1NCc1occc1Br. The van der Waals surface area contributed by atoms with Crippen molar-refractivity contribution in [2.45, 2.75) is 11.4 Å². The normalized spacial score (nSPS) is 11.4. The molecule has 0 fully saturated rings. The maximum absolute atomic E-state index is 11.6. The van der Waals surface area contributed by atoms with Crippen molar-refractivity contribution >= 4 is 31.5 Å². The summed E-state index contributed by atoms with van der Waals surface area (Å²) in [5.41, 5.74) is 0.573. The van der Waals surface area contributed by atoms with Crippen LogP contribution in [0.4, 0.5) is 5.69 Å². The van der Waals surface area contributed by atoms with Gasteiger partial charge in [0.05, 0.1) is 27.9 Å². The van der Waals surface area contributed by atoms with Gasteiger partial charge >= 0.3 is 0 Å². The average Bonchev–Trinajstić information content (AvgIpc) is 2.71. The maximum Gasteiger partial charge on any atom is 0.177 e. The smallest absolute Gasteiger partial charge is 0.177 e. The fourth-order valence-electron chi connectivity index (χ4n) is 1.56. The first-order chi connectivity index (χ1) is 8.48. The number of sulfone groups is 1. The summed E-state index contributed by atoms with van der Waals surface area (Å²) in [6, 6.07) is 8.58. The molecule has 0 bridgehead atoms. The molecule has 0 amide bonds. The molecule has 0 aliphatic heterocycles. The third-order valence-electron chi connectivity index (χ3n) is 2.42. The molecule has 1 N–H and O–H groups in total. The number of hydrogen-bond acceptors (Lipinski definition) is 4. The van der Waals surface area contributed by atoms with Gasteiger partial charge < -0.3 is 9.73 Å². The Kier molecular flexibility index (Phi) is 3.77. The molecule has 0 saturated heterocycles. The second-order valence-corrected chi connectivity index (χ2v) is 6.65. The molecule has 0 radical (unpaired) electrons. The molecule has 0 atom stereocenters. The number of furan rings is 1. The predicted molar refractivity (Wildman–Crippen MR) is 73.3 cm³/mol. The van der Waals surface area contributed by atoms with Crippen molar-refractivity contribution in [3.05, 3.63) is 46.8 Å². The highest BCUT2D eigenvalue weighted by Crippen LogP contribution is 2.23.